The second-order valence-electron chi connectivity index (χ2n) is 3.26. The van der Waals surface area contributed by atoms with Crippen molar-refractivity contribution in [1.29, 1.82) is 0 Å². The number of carbonyl (C=O) groups excluding carboxylic acids is 1. The zero-order valence-corrected chi connectivity index (χ0v) is 9.48. The lowest BCUT2D eigenvalue weighted by Crippen LogP contribution is -2.14. The van der Waals surface area contributed by atoms with E-state index in [2.05, 4.69) is 26.5 Å². The SMILES string of the molecule is CCCC[C@H](CC)COC(=O)CS. The van der Waals surface area contributed by atoms with Crippen LogP contribution < -0.4 is 0 Å². The van der Waals surface area contributed by atoms with Crippen LogP contribution >= 0.6 is 12.6 Å². The van der Waals surface area contributed by atoms with Gasteiger partial charge in [0.05, 0.1) is 12.4 Å². The highest BCUT2D eigenvalue weighted by Crippen LogP contribution is 2.12. The van der Waals surface area contributed by atoms with Crippen LogP contribution in [-0.4, -0.2) is 18.3 Å². The van der Waals surface area contributed by atoms with E-state index in [4.69, 9.17) is 4.74 Å². The molecule has 0 saturated carbocycles. The van der Waals surface area contributed by atoms with Crippen LogP contribution in [0.15, 0.2) is 0 Å². The summed E-state index contributed by atoms with van der Waals surface area (Å²) in [7, 11) is 0. The highest BCUT2D eigenvalue weighted by atomic mass is 32.1. The summed E-state index contributed by atoms with van der Waals surface area (Å²) in [5, 5.41) is 0. The van der Waals surface area contributed by atoms with Crippen LogP contribution in [0.25, 0.3) is 0 Å². The molecule has 0 radical (unpaired) electrons. The van der Waals surface area contributed by atoms with E-state index in [1.54, 1.807) is 0 Å². The third-order valence-corrected chi connectivity index (χ3v) is 2.41. The minimum Gasteiger partial charge on any atom is -0.465 e. The number of hydrogen-bond acceptors (Lipinski definition) is 3. The smallest absolute Gasteiger partial charge is 0.315 e. The lowest BCUT2D eigenvalue weighted by Gasteiger charge is -2.13. The maximum Gasteiger partial charge on any atom is 0.315 e. The normalized spacial score (nSPS) is 12.5. The number of rotatable bonds is 7. The fourth-order valence-electron chi connectivity index (χ4n) is 1.15. The third-order valence-electron chi connectivity index (χ3n) is 2.15. The number of carbonyl (C=O) groups is 1. The van der Waals surface area contributed by atoms with Gasteiger partial charge in [-0.25, -0.2) is 0 Å². The number of hydrogen-bond donors (Lipinski definition) is 1. The van der Waals surface area contributed by atoms with Gasteiger partial charge in [0, 0.05) is 0 Å². The van der Waals surface area contributed by atoms with Gasteiger partial charge in [-0.2, -0.15) is 12.6 Å². The number of ether oxygens (including phenoxy) is 1. The van der Waals surface area contributed by atoms with Gasteiger partial charge in [0.2, 0.25) is 0 Å². The van der Waals surface area contributed by atoms with Crippen molar-refractivity contribution in [2.24, 2.45) is 5.92 Å². The minimum absolute atomic E-state index is 0.185. The molecular weight excluding hydrogens is 184 g/mol. The summed E-state index contributed by atoms with van der Waals surface area (Å²) in [6.45, 7) is 4.87. The van der Waals surface area contributed by atoms with E-state index in [9.17, 15) is 4.79 Å². The number of esters is 1. The first-order valence-electron chi connectivity index (χ1n) is 5.01. The van der Waals surface area contributed by atoms with E-state index >= 15 is 0 Å². The lowest BCUT2D eigenvalue weighted by molar-refractivity contribution is -0.141. The van der Waals surface area contributed by atoms with Crippen molar-refractivity contribution in [3.05, 3.63) is 0 Å². The summed E-state index contributed by atoms with van der Waals surface area (Å²) in [4.78, 5) is 10.8. The van der Waals surface area contributed by atoms with Gasteiger partial charge in [-0.05, 0) is 12.3 Å². The van der Waals surface area contributed by atoms with Crippen molar-refractivity contribution in [2.45, 2.75) is 39.5 Å². The van der Waals surface area contributed by atoms with Crippen LogP contribution in [0.1, 0.15) is 39.5 Å². The predicted molar refractivity (Wildman–Crippen MR) is 58.1 cm³/mol. The van der Waals surface area contributed by atoms with Gasteiger partial charge in [-0.3, -0.25) is 4.79 Å². The molecule has 0 aromatic carbocycles. The molecule has 0 aliphatic rings. The van der Waals surface area contributed by atoms with Crippen LogP contribution in [0, 0.1) is 5.92 Å². The van der Waals surface area contributed by atoms with Crippen LogP contribution in [-0.2, 0) is 9.53 Å². The van der Waals surface area contributed by atoms with Crippen LogP contribution in [0.3, 0.4) is 0 Å². The molecular formula is C10H20O2S. The molecule has 78 valence electrons. The second kappa shape index (κ2) is 8.42. The Balaban J connectivity index is 3.52. The van der Waals surface area contributed by atoms with E-state index in [0.717, 1.165) is 12.8 Å². The van der Waals surface area contributed by atoms with Crippen molar-refractivity contribution >= 4 is 18.6 Å². The van der Waals surface area contributed by atoms with Crippen LogP contribution in [0.4, 0.5) is 0 Å². The molecule has 0 spiro atoms. The van der Waals surface area contributed by atoms with E-state index < -0.39 is 0 Å². The van der Waals surface area contributed by atoms with Crippen molar-refractivity contribution in [2.75, 3.05) is 12.4 Å². The Labute approximate surface area is 86.5 Å². The van der Waals surface area contributed by atoms with Crippen molar-refractivity contribution < 1.29 is 9.53 Å². The summed E-state index contributed by atoms with van der Waals surface area (Å²) in [5.74, 6) is 0.506. The van der Waals surface area contributed by atoms with Gasteiger partial charge in [-0.15, -0.1) is 0 Å². The van der Waals surface area contributed by atoms with Gasteiger partial charge < -0.3 is 4.74 Å². The number of thiol groups is 1. The lowest BCUT2D eigenvalue weighted by atomic mass is 10.0. The molecule has 0 rings (SSSR count). The first-order valence-corrected chi connectivity index (χ1v) is 5.64. The van der Waals surface area contributed by atoms with Gasteiger partial charge in [0.1, 0.15) is 0 Å². The summed E-state index contributed by atoms with van der Waals surface area (Å²) < 4.78 is 5.03. The van der Waals surface area contributed by atoms with Gasteiger partial charge >= 0.3 is 5.97 Å². The maximum atomic E-state index is 10.8. The largest absolute Gasteiger partial charge is 0.465 e. The molecule has 0 heterocycles. The Hall–Kier alpha value is -0.180. The Bertz CT molecular complexity index is 137. The molecule has 0 amide bonds. The summed E-state index contributed by atoms with van der Waals surface area (Å²) in [6.07, 6.45) is 4.67. The molecule has 3 heteroatoms. The highest BCUT2D eigenvalue weighted by molar-refractivity contribution is 7.81. The molecule has 0 fully saturated rings. The Morgan fingerprint density at radius 2 is 2.15 bits per heavy atom. The first-order chi connectivity index (χ1) is 6.24. The van der Waals surface area contributed by atoms with Crippen LogP contribution in [0.5, 0.6) is 0 Å². The molecule has 0 aliphatic heterocycles. The van der Waals surface area contributed by atoms with E-state index in [1.165, 1.54) is 12.8 Å². The molecule has 0 saturated heterocycles. The topological polar surface area (TPSA) is 26.3 Å². The van der Waals surface area contributed by atoms with E-state index in [1.807, 2.05) is 0 Å². The van der Waals surface area contributed by atoms with Crippen molar-refractivity contribution in [3.8, 4) is 0 Å². The Morgan fingerprint density at radius 3 is 2.62 bits per heavy atom. The minimum atomic E-state index is -0.210. The molecule has 2 nitrogen and oxygen atoms in total. The zero-order chi connectivity index (χ0) is 10.1. The van der Waals surface area contributed by atoms with E-state index in [0.29, 0.717) is 12.5 Å². The van der Waals surface area contributed by atoms with Gasteiger partial charge in [-0.1, -0.05) is 33.1 Å². The monoisotopic (exact) mass is 204 g/mol. The Morgan fingerprint density at radius 1 is 1.46 bits per heavy atom. The molecule has 0 aromatic heterocycles. The quantitative estimate of drug-likeness (QED) is 0.510. The summed E-state index contributed by atoms with van der Waals surface area (Å²) in [5.41, 5.74) is 0. The van der Waals surface area contributed by atoms with Gasteiger partial charge in [0.25, 0.3) is 0 Å². The fraction of sp³-hybridized carbons (Fsp3) is 0.900. The van der Waals surface area contributed by atoms with Crippen molar-refractivity contribution in [1.82, 2.24) is 0 Å². The highest BCUT2D eigenvalue weighted by Gasteiger charge is 2.08. The Kier molecular flexibility index (Phi) is 8.30. The standard InChI is InChI=1S/C10H20O2S/c1-3-5-6-9(4-2)7-12-10(11)8-13/h9,13H,3-8H2,1-2H3/t9-/m0/s1. The average molecular weight is 204 g/mol. The maximum absolute atomic E-state index is 10.8. The third kappa shape index (κ3) is 6.94. The molecule has 0 N–H and O–H groups in total. The predicted octanol–water partition coefficient (Wildman–Crippen LogP) is 2.68. The van der Waals surface area contributed by atoms with E-state index in [-0.39, 0.29) is 11.7 Å². The zero-order valence-electron chi connectivity index (χ0n) is 8.58. The van der Waals surface area contributed by atoms with Gasteiger partial charge in [0.15, 0.2) is 0 Å². The summed E-state index contributed by atoms with van der Waals surface area (Å²) >= 11 is 3.84. The molecule has 0 unspecified atom stereocenters. The molecule has 0 bridgehead atoms. The summed E-state index contributed by atoms with van der Waals surface area (Å²) in [6, 6.07) is 0. The molecule has 13 heavy (non-hydrogen) atoms. The fourth-order valence-corrected chi connectivity index (χ4v) is 1.25. The second-order valence-corrected chi connectivity index (χ2v) is 3.57. The molecule has 1 atom stereocenters. The first kappa shape index (κ1) is 12.8. The van der Waals surface area contributed by atoms with Crippen LogP contribution in [0.2, 0.25) is 0 Å². The molecule has 0 aromatic rings. The molecule has 0 aliphatic carbocycles. The average Bonchev–Trinajstić information content (AvgIpc) is 2.17. The number of unbranched alkanes of at least 4 members (excludes halogenated alkanes) is 1. The van der Waals surface area contributed by atoms with Crippen molar-refractivity contribution in [3.63, 3.8) is 0 Å².